The maximum absolute atomic E-state index is 13.8. The van der Waals surface area contributed by atoms with E-state index in [1.54, 1.807) is 25.2 Å². The van der Waals surface area contributed by atoms with E-state index in [2.05, 4.69) is 4.72 Å². The summed E-state index contributed by atoms with van der Waals surface area (Å²) in [5, 5.41) is 0. The Kier molecular flexibility index (Phi) is 6.41. The molecule has 0 saturated carbocycles. The summed E-state index contributed by atoms with van der Waals surface area (Å²) in [7, 11) is -2.24. The summed E-state index contributed by atoms with van der Waals surface area (Å²) >= 11 is 0. The minimum atomic E-state index is -3.79. The van der Waals surface area contributed by atoms with Crippen LogP contribution in [0.1, 0.15) is 21.5 Å². The van der Waals surface area contributed by atoms with Gasteiger partial charge in [-0.1, -0.05) is 54.6 Å². The number of benzene rings is 3. The Hall–Kier alpha value is -3.03. The van der Waals surface area contributed by atoms with Crippen LogP contribution in [0.3, 0.4) is 0 Å². The Morgan fingerprint density at radius 2 is 1.66 bits per heavy atom. The van der Waals surface area contributed by atoms with Crippen LogP contribution < -0.4 is 4.72 Å². The van der Waals surface area contributed by atoms with Crippen LogP contribution in [0, 0.1) is 5.82 Å². The maximum Gasteiger partial charge on any atom is 0.253 e. The van der Waals surface area contributed by atoms with Gasteiger partial charge in [0.25, 0.3) is 5.91 Å². The Bertz CT molecular complexity index is 1100. The quantitative estimate of drug-likeness (QED) is 0.645. The third kappa shape index (κ3) is 5.28. The van der Waals surface area contributed by atoms with Crippen molar-refractivity contribution >= 4 is 15.9 Å². The molecule has 0 atom stereocenters. The number of amides is 1. The van der Waals surface area contributed by atoms with Crippen molar-refractivity contribution in [2.75, 3.05) is 7.05 Å². The van der Waals surface area contributed by atoms with E-state index in [1.807, 2.05) is 30.3 Å². The van der Waals surface area contributed by atoms with Gasteiger partial charge >= 0.3 is 0 Å². The van der Waals surface area contributed by atoms with Crippen LogP contribution in [-0.2, 0) is 23.1 Å². The SMILES string of the molecule is CN(Cc1ccccc1F)C(=O)c1cccc(S(=O)(=O)NCc2ccccc2)c1. The molecule has 0 aliphatic rings. The van der Waals surface area contributed by atoms with Crippen LogP contribution in [-0.4, -0.2) is 26.3 Å². The van der Waals surface area contributed by atoms with E-state index >= 15 is 0 Å². The summed E-state index contributed by atoms with van der Waals surface area (Å²) in [5.41, 5.74) is 1.43. The molecule has 0 radical (unpaired) electrons. The average molecular weight is 412 g/mol. The molecule has 5 nitrogen and oxygen atoms in total. The number of rotatable bonds is 7. The molecule has 0 bridgehead atoms. The third-order valence-electron chi connectivity index (χ3n) is 4.41. The van der Waals surface area contributed by atoms with Crippen LogP contribution >= 0.6 is 0 Å². The first-order valence-corrected chi connectivity index (χ1v) is 10.5. The van der Waals surface area contributed by atoms with Crippen molar-refractivity contribution in [1.82, 2.24) is 9.62 Å². The molecule has 3 aromatic rings. The minimum Gasteiger partial charge on any atom is -0.337 e. The maximum atomic E-state index is 13.8. The van der Waals surface area contributed by atoms with Gasteiger partial charge in [-0.25, -0.2) is 17.5 Å². The highest BCUT2D eigenvalue weighted by Gasteiger charge is 2.18. The molecule has 3 aromatic carbocycles. The number of nitrogens with one attached hydrogen (secondary N) is 1. The van der Waals surface area contributed by atoms with Gasteiger partial charge in [-0.2, -0.15) is 0 Å². The van der Waals surface area contributed by atoms with Crippen LogP contribution in [0.25, 0.3) is 0 Å². The number of hydrogen-bond donors (Lipinski definition) is 1. The van der Waals surface area contributed by atoms with Gasteiger partial charge in [-0.3, -0.25) is 4.79 Å². The molecule has 0 aliphatic carbocycles. The standard InChI is InChI=1S/C22H21FN2O3S/c1-25(16-19-10-5-6-13-21(19)23)22(26)18-11-7-12-20(14-18)29(27,28)24-15-17-8-3-2-4-9-17/h2-14,24H,15-16H2,1H3. The van der Waals surface area contributed by atoms with Crippen molar-refractivity contribution in [3.8, 4) is 0 Å². The monoisotopic (exact) mass is 412 g/mol. The van der Waals surface area contributed by atoms with E-state index in [4.69, 9.17) is 0 Å². The lowest BCUT2D eigenvalue weighted by Gasteiger charge is -2.18. The number of carbonyl (C=O) groups is 1. The Balaban J connectivity index is 1.74. The molecule has 0 unspecified atom stereocenters. The molecule has 0 spiro atoms. The lowest BCUT2D eigenvalue weighted by molar-refractivity contribution is 0.0783. The highest BCUT2D eigenvalue weighted by atomic mass is 32.2. The van der Waals surface area contributed by atoms with Crippen LogP contribution in [0.2, 0.25) is 0 Å². The molecular formula is C22H21FN2O3S. The predicted octanol–water partition coefficient (Wildman–Crippen LogP) is 3.58. The molecule has 150 valence electrons. The molecule has 7 heteroatoms. The minimum absolute atomic E-state index is 0.00132. The molecule has 0 saturated heterocycles. The van der Waals surface area contributed by atoms with Crippen molar-refractivity contribution in [3.05, 3.63) is 101 Å². The first kappa shape index (κ1) is 20.7. The predicted molar refractivity (Wildman–Crippen MR) is 109 cm³/mol. The largest absolute Gasteiger partial charge is 0.337 e. The van der Waals surface area contributed by atoms with Gasteiger partial charge < -0.3 is 4.90 Å². The molecule has 1 amide bonds. The number of carbonyl (C=O) groups excluding carboxylic acids is 1. The van der Waals surface area contributed by atoms with E-state index in [9.17, 15) is 17.6 Å². The Labute approximate surface area is 169 Å². The molecule has 29 heavy (non-hydrogen) atoms. The van der Waals surface area contributed by atoms with Gasteiger partial charge in [0.2, 0.25) is 10.0 Å². The Morgan fingerprint density at radius 3 is 2.38 bits per heavy atom. The summed E-state index contributed by atoms with van der Waals surface area (Å²) < 4.78 is 41.6. The van der Waals surface area contributed by atoms with Crippen LogP contribution in [0.15, 0.2) is 83.8 Å². The first-order chi connectivity index (χ1) is 13.9. The first-order valence-electron chi connectivity index (χ1n) is 8.99. The van der Waals surface area contributed by atoms with E-state index < -0.39 is 21.7 Å². The smallest absolute Gasteiger partial charge is 0.253 e. The van der Waals surface area contributed by atoms with Gasteiger partial charge in [-0.05, 0) is 29.8 Å². The number of nitrogens with zero attached hydrogens (tertiary/aromatic N) is 1. The molecule has 0 fully saturated rings. The lowest BCUT2D eigenvalue weighted by atomic mass is 10.1. The summed E-state index contributed by atoms with van der Waals surface area (Å²) in [6.07, 6.45) is 0. The van der Waals surface area contributed by atoms with Crippen LogP contribution in [0.5, 0.6) is 0 Å². The van der Waals surface area contributed by atoms with Crippen LogP contribution in [0.4, 0.5) is 4.39 Å². The highest BCUT2D eigenvalue weighted by Crippen LogP contribution is 2.16. The molecule has 1 N–H and O–H groups in total. The van der Waals surface area contributed by atoms with Gasteiger partial charge in [-0.15, -0.1) is 0 Å². The zero-order valence-corrected chi connectivity index (χ0v) is 16.7. The summed E-state index contributed by atoms with van der Waals surface area (Å²) in [6, 6.07) is 21.2. The van der Waals surface area contributed by atoms with Gasteiger partial charge in [0, 0.05) is 31.3 Å². The number of sulfonamides is 1. The lowest BCUT2D eigenvalue weighted by Crippen LogP contribution is -2.27. The van der Waals surface area contributed by atoms with E-state index in [1.165, 1.54) is 35.2 Å². The van der Waals surface area contributed by atoms with Gasteiger partial charge in [0.15, 0.2) is 0 Å². The fourth-order valence-electron chi connectivity index (χ4n) is 2.83. The zero-order valence-electron chi connectivity index (χ0n) is 15.9. The second-order valence-electron chi connectivity index (χ2n) is 6.59. The van der Waals surface area contributed by atoms with Gasteiger partial charge in [0.05, 0.1) is 4.90 Å². The molecule has 0 aliphatic heterocycles. The second-order valence-corrected chi connectivity index (χ2v) is 8.36. The normalized spacial score (nSPS) is 11.2. The molecule has 3 rings (SSSR count). The summed E-state index contributed by atoms with van der Waals surface area (Å²) in [5.74, 6) is -0.790. The molecule has 0 heterocycles. The van der Waals surface area contributed by atoms with E-state index in [-0.39, 0.29) is 23.5 Å². The molecular weight excluding hydrogens is 391 g/mol. The molecule has 0 aromatic heterocycles. The van der Waals surface area contributed by atoms with Crippen molar-refractivity contribution in [2.45, 2.75) is 18.0 Å². The Morgan fingerprint density at radius 1 is 0.966 bits per heavy atom. The second kappa shape index (κ2) is 8.98. The van der Waals surface area contributed by atoms with Crippen molar-refractivity contribution in [2.24, 2.45) is 0 Å². The number of hydrogen-bond acceptors (Lipinski definition) is 3. The number of halogens is 1. The summed E-state index contributed by atoms with van der Waals surface area (Å²) in [4.78, 5) is 14.1. The topological polar surface area (TPSA) is 66.5 Å². The van der Waals surface area contributed by atoms with Crippen molar-refractivity contribution in [1.29, 1.82) is 0 Å². The highest BCUT2D eigenvalue weighted by molar-refractivity contribution is 7.89. The zero-order chi connectivity index (χ0) is 20.9. The fraction of sp³-hybridized carbons (Fsp3) is 0.136. The van der Waals surface area contributed by atoms with Gasteiger partial charge in [0.1, 0.15) is 5.82 Å². The average Bonchev–Trinajstić information content (AvgIpc) is 2.74. The van der Waals surface area contributed by atoms with Crippen molar-refractivity contribution < 1.29 is 17.6 Å². The summed E-state index contributed by atoms with van der Waals surface area (Å²) in [6.45, 7) is 0.225. The fourth-order valence-corrected chi connectivity index (χ4v) is 3.89. The van der Waals surface area contributed by atoms with E-state index in [0.29, 0.717) is 5.56 Å². The van der Waals surface area contributed by atoms with E-state index in [0.717, 1.165) is 5.56 Å². The third-order valence-corrected chi connectivity index (χ3v) is 5.81. The van der Waals surface area contributed by atoms with Crippen molar-refractivity contribution in [3.63, 3.8) is 0 Å².